The van der Waals surface area contributed by atoms with E-state index in [0.29, 0.717) is 23.3 Å². The van der Waals surface area contributed by atoms with Gasteiger partial charge in [-0.15, -0.1) is 0 Å². The first kappa shape index (κ1) is 16.6. The van der Waals surface area contributed by atoms with E-state index in [0.717, 1.165) is 35.9 Å². The highest BCUT2D eigenvalue weighted by Crippen LogP contribution is 2.46. The molecule has 2 aliphatic carbocycles. The lowest BCUT2D eigenvalue weighted by Gasteiger charge is -2.29. The number of amides is 1. The predicted molar refractivity (Wildman–Crippen MR) is 98.6 cm³/mol. The topological polar surface area (TPSA) is 90.9 Å². The Morgan fingerprint density at radius 2 is 2.12 bits per heavy atom. The molecule has 0 unspecified atom stereocenters. The Hall–Kier alpha value is -2.81. The third-order valence-electron chi connectivity index (χ3n) is 5.75. The molecule has 4 rings (SSSR count). The summed E-state index contributed by atoms with van der Waals surface area (Å²) in [5.74, 6) is 0.828. The third-order valence-corrected chi connectivity index (χ3v) is 5.75. The summed E-state index contributed by atoms with van der Waals surface area (Å²) in [7, 11) is 0. The van der Waals surface area contributed by atoms with Gasteiger partial charge in [0.25, 0.3) is 0 Å². The summed E-state index contributed by atoms with van der Waals surface area (Å²) in [6.45, 7) is 3.53. The molecule has 26 heavy (non-hydrogen) atoms. The summed E-state index contributed by atoms with van der Waals surface area (Å²) < 4.78 is 2.08. The van der Waals surface area contributed by atoms with Crippen LogP contribution in [-0.4, -0.2) is 20.6 Å². The molecule has 2 saturated carbocycles. The fourth-order valence-electron chi connectivity index (χ4n) is 3.70. The van der Waals surface area contributed by atoms with Crippen molar-refractivity contribution in [1.82, 2.24) is 9.55 Å². The lowest BCUT2D eigenvalue weighted by Crippen LogP contribution is -2.23. The van der Waals surface area contributed by atoms with Gasteiger partial charge in [-0.05, 0) is 69.2 Å². The molecule has 134 valence electrons. The molecule has 0 radical (unpaired) electrons. The molecular weight excluding hydrogens is 328 g/mol. The standard InChI is InChI=1S/C20H22N4O2/c1-11(12(2)25)15-9-16(15)19(26)23-20-22-17-7-6-13(10-21)8-18(17)24(20)14-4-3-5-14/h6-8,14-16,25H,3-5,9H2,1-2H3,(H,22,23,26)/b12-11-/t15-,16+/m1/s1. The van der Waals surface area contributed by atoms with Crippen LogP contribution in [0, 0.1) is 23.2 Å². The Bertz CT molecular complexity index is 958. The number of imidazole rings is 1. The highest BCUT2D eigenvalue weighted by atomic mass is 16.3. The summed E-state index contributed by atoms with van der Waals surface area (Å²) in [5, 5.41) is 21.8. The first-order chi connectivity index (χ1) is 12.5. The molecule has 2 aliphatic rings. The van der Waals surface area contributed by atoms with Crippen LogP contribution in [0.15, 0.2) is 29.5 Å². The van der Waals surface area contributed by atoms with Crippen molar-refractivity contribution in [2.45, 2.75) is 45.6 Å². The van der Waals surface area contributed by atoms with Crippen molar-refractivity contribution < 1.29 is 9.90 Å². The zero-order chi connectivity index (χ0) is 18.4. The maximum Gasteiger partial charge on any atom is 0.230 e. The number of anilines is 1. The van der Waals surface area contributed by atoms with Gasteiger partial charge in [0.1, 0.15) is 0 Å². The number of fused-ring (bicyclic) bond motifs is 1. The van der Waals surface area contributed by atoms with Crippen molar-refractivity contribution in [3.8, 4) is 6.07 Å². The van der Waals surface area contributed by atoms with E-state index in [2.05, 4.69) is 20.9 Å². The van der Waals surface area contributed by atoms with Gasteiger partial charge in [0.2, 0.25) is 11.9 Å². The molecule has 1 aromatic carbocycles. The Kier molecular flexibility index (Phi) is 3.95. The van der Waals surface area contributed by atoms with Gasteiger partial charge in [-0.1, -0.05) is 0 Å². The number of benzene rings is 1. The molecule has 1 heterocycles. The lowest BCUT2D eigenvalue weighted by atomic mass is 9.92. The number of aliphatic hydroxyl groups excluding tert-OH is 1. The molecule has 0 bridgehead atoms. The molecule has 6 heteroatoms. The number of hydrogen-bond donors (Lipinski definition) is 2. The first-order valence-electron chi connectivity index (χ1n) is 9.09. The van der Waals surface area contributed by atoms with Crippen molar-refractivity contribution in [2.75, 3.05) is 5.32 Å². The summed E-state index contributed by atoms with van der Waals surface area (Å²) in [4.78, 5) is 17.3. The molecule has 0 spiro atoms. The van der Waals surface area contributed by atoms with Crippen molar-refractivity contribution >= 4 is 22.9 Å². The Labute approximate surface area is 152 Å². The van der Waals surface area contributed by atoms with E-state index in [1.54, 1.807) is 13.0 Å². The van der Waals surface area contributed by atoms with E-state index in [1.807, 2.05) is 19.1 Å². The minimum atomic E-state index is -0.110. The second-order valence-electron chi connectivity index (χ2n) is 7.41. The molecule has 1 amide bonds. The van der Waals surface area contributed by atoms with Crippen LogP contribution < -0.4 is 5.32 Å². The van der Waals surface area contributed by atoms with E-state index in [-0.39, 0.29) is 17.7 Å². The van der Waals surface area contributed by atoms with E-state index in [4.69, 9.17) is 0 Å². The Morgan fingerprint density at radius 1 is 1.35 bits per heavy atom. The molecule has 6 nitrogen and oxygen atoms in total. The zero-order valence-corrected chi connectivity index (χ0v) is 15.0. The number of carbonyl (C=O) groups excluding carboxylic acids is 1. The largest absolute Gasteiger partial charge is 0.513 e. The van der Waals surface area contributed by atoms with E-state index < -0.39 is 0 Å². The van der Waals surface area contributed by atoms with Gasteiger partial charge in [-0.2, -0.15) is 5.26 Å². The number of nitrogens with one attached hydrogen (secondary N) is 1. The molecule has 2 N–H and O–H groups in total. The minimum Gasteiger partial charge on any atom is -0.513 e. The number of allylic oxidation sites excluding steroid dienone is 2. The van der Waals surface area contributed by atoms with Crippen molar-refractivity contribution in [1.29, 1.82) is 5.26 Å². The van der Waals surface area contributed by atoms with Gasteiger partial charge in [-0.25, -0.2) is 4.98 Å². The van der Waals surface area contributed by atoms with Gasteiger partial charge in [0.15, 0.2) is 0 Å². The predicted octanol–water partition coefficient (Wildman–Crippen LogP) is 4.06. The molecule has 0 aliphatic heterocycles. The maximum atomic E-state index is 12.7. The Balaban J connectivity index is 1.63. The van der Waals surface area contributed by atoms with Crippen molar-refractivity contribution in [3.63, 3.8) is 0 Å². The first-order valence-corrected chi connectivity index (χ1v) is 9.09. The average molecular weight is 350 g/mol. The highest BCUT2D eigenvalue weighted by Gasteiger charge is 2.45. The number of nitriles is 1. The van der Waals surface area contributed by atoms with Gasteiger partial charge in [-0.3, -0.25) is 10.1 Å². The normalized spacial score (nSPS) is 23.1. The van der Waals surface area contributed by atoms with E-state index in [9.17, 15) is 15.2 Å². The maximum absolute atomic E-state index is 12.7. The SMILES string of the molecule is C/C(O)=C(\C)[C@H]1C[C@@H]1C(=O)Nc1nc2ccc(C#N)cc2n1C1CCC1. The van der Waals surface area contributed by atoms with Gasteiger partial charge in [0, 0.05) is 12.0 Å². The molecular formula is C20H22N4O2. The van der Waals surface area contributed by atoms with Crippen molar-refractivity contribution in [2.24, 2.45) is 11.8 Å². The van der Waals surface area contributed by atoms with E-state index in [1.165, 1.54) is 6.42 Å². The second-order valence-corrected chi connectivity index (χ2v) is 7.41. The van der Waals surface area contributed by atoms with Gasteiger partial charge < -0.3 is 9.67 Å². The lowest BCUT2D eigenvalue weighted by molar-refractivity contribution is -0.117. The molecule has 0 saturated heterocycles. The van der Waals surface area contributed by atoms with Crippen LogP contribution in [0.1, 0.15) is 51.1 Å². The summed E-state index contributed by atoms with van der Waals surface area (Å²) in [6.07, 6.45) is 4.05. The van der Waals surface area contributed by atoms with Crippen LogP contribution in [0.3, 0.4) is 0 Å². The smallest absolute Gasteiger partial charge is 0.230 e. The third kappa shape index (κ3) is 2.74. The molecule has 2 atom stereocenters. The van der Waals surface area contributed by atoms with Crippen LogP contribution in [-0.2, 0) is 4.79 Å². The summed E-state index contributed by atoms with van der Waals surface area (Å²) >= 11 is 0. The number of aliphatic hydroxyl groups is 1. The summed E-state index contributed by atoms with van der Waals surface area (Å²) in [6, 6.07) is 7.92. The minimum absolute atomic E-state index is 0.0491. The highest BCUT2D eigenvalue weighted by molar-refractivity contribution is 5.95. The number of nitrogens with zero attached hydrogens (tertiary/aromatic N) is 3. The van der Waals surface area contributed by atoms with Crippen LogP contribution in [0.25, 0.3) is 11.0 Å². The van der Waals surface area contributed by atoms with Crippen LogP contribution in [0.2, 0.25) is 0 Å². The quantitative estimate of drug-likeness (QED) is 0.814. The summed E-state index contributed by atoms with van der Waals surface area (Å²) in [5.41, 5.74) is 3.17. The van der Waals surface area contributed by atoms with Crippen LogP contribution >= 0.6 is 0 Å². The average Bonchev–Trinajstić information content (AvgIpc) is 3.31. The fraction of sp³-hybridized carbons (Fsp3) is 0.450. The van der Waals surface area contributed by atoms with E-state index >= 15 is 0 Å². The zero-order valence-electron chi connectivity index (χ0n) is 15.0. The second kappa shape index (κ2) is 6.17. The monoisotopic (exact) mass is 350 g/mol. The number of hydrogen-bond acceptors (Lipinski definition) is 4. The fourth-order valence-corrected chi connectivity index (χ4v) is 3.70. The Morgan fingerprint density at radius 3 is 2.73 bits per heavy atom. The van der Waals surface area contributed by atoms with Gasteiger partial charge >= 0.3 is 0 Å². The van der Waals surface area contributed by atoms with Crippen LogP contribution in [0.5, 0.6) is 0 Å². The van der Waals surface area contributed by atoms with Gasteiger partial charge in [0.05, 0.1) is 28.4 Å². The van der Waals surface area contributed by atoms with Crippen molar-refractivity contribution in [3.05, 3.63) is 35.1 Å². The number of carbonyl (C=O) groups is 1. The molecule has 2 fully saturated rings. The number of rotatable bonds is 4. The van der Waals surface area contributed by atoms with Crippen LogP contribution in [0.4, 0.5) is 5.95 Å². The number of aromatic nitrogens is 2. The molecule has 2 aromatic rings. The molecule has 1 aromatic heterocycles.